The SMILES string of the molecule is CC(=O)Oc1cccc(C2(N(C)C)CCC(=O)CC2)c1. The van der Waals surface area contributed by atoms with Crippen molar-refractivity contribution in [1.82, 2.24) is 4.90 Å². The predicted octanol–water partition coefficient (Wildman–Crippen LogP) is 2.51. The fourth-order valence-electron chi connectivity index (χ4n) is 2.95. The fraction of sp³-hybridized carbons (Fsp3) is 0.500. The van der Waals surface area contributed by atoms with Crippen LogP contribution >= 0.6 is 0 Å². The Labute approximate surface area is 119 Å². The third-order valence-corrected chi connectivity index (χ3v) is 4.12. The summed E-state index contributed by atoms with van der Waals surface area (Å²) in [4.78, 5) is 24.8. The molecule has 4 nitrogen and oxygen atoms in total. The monoisotopic (exact) mass is 275 g/mol. The Kier molecular flexibility index (Phi) is 4.23. The van der Waals surface area contributed by atoms with Gasteiger partial charge in [-0.25, -0.2) is 0 Å². The molecule has 0 aliphatic heterocycles. The second-order valence-electron chi connectivity index (χ2n) is 5.59. The zero-order valence-electron chi connectivity index (χ0n) is 12.3. The summed E-state index contributed by atoms with van der Waals surface area (Å²) in [6.45, 7) is 1.40. The van der Waals surface area contributed by atoms with Gasteiger partial charge in [0, 0.05) is 25.3 Å². The van der Waals surface area contributed by atoms with Crippen LogP contribution in [-0.2, 0) is 15.1 Å². The van der Waals surface area contributed by atoms with E-state index in [0.717, 1.165) is 18.4 Å². The zero-order valence-corrected chi connectivity index (χ0v) is 12.3. The van der Waals surface area contributed by atoms with Crippen molar-refractivity contribution in [3.63, 3.8) is 0 Å². The first kappa shape index (κ1) is 14.7. The zero-order chi connectivity index (χ0) is 14.8. The minimum absolute atomic E-state index is 0.149. The Hall–Kier alpha value is -1.68. The maximum Gasteiger partial charge on any atom is 0.308 e. The Morgan fingerprint density at radius 2 is 1.90 bits per heavy atom. The van der Waals surface area contributed by atoms with Gasteiger partial charge in [-0.1, -0.05) is 12.1 Å². The van der Waals surface area contributed by atoms with E-state index >= 15 is 0 Å². The van der Waals surface area contributed by atoms with Gasteiger partial charge >= 0.3 is 5.97 Å². The van der Waals surface area contributed by atoms with Crippen molar-refractivity contribution >= 4 is 11.8 Å². The summed E-state index contributed by atoms with van der Waals surface area (Å²) in [6.07, 6.45) is 2.83. The summed E-state index contributed by atoms with van der Waals surface area (Å²) in [6, 6.07) is 7.64. The van der Waals surface area contributed by atoms with Gasteiger partial charge in [0.15, 0.2) is 0 Å². The topological polar surface area (TPSA) is 46.6 Å². The Morgan fingerprint density at radius 3 is 2.45 bits per heavy atom. The van der Waals surface area contributed by atoms with Gasteiger partial charge in [-0.2, -0.15) is 0 Å². The lowest BCUT2D eigenvalue weighted by molar-refractivity contribution is -0.131. The summed E-state index contributed by atoms with van der Waals surface area (Å²) < 4.78 is 5.17. The Bertz CT molecular complexity index is 512. The van der Waals surface area contributed by atoms with Crippen molar-refractivity contribution < 1.29 is 14.3 Å². The van der Waals surface area contributed by atoms with Crippen LogP contribution in [0, 0.1) is 0 Å². The number of ether oxygens (including phenoxy) is 1. The van der Waals surface area contributed by atoms with Crippen LogP contribution in [0.15, 0.2) is 24.3 Å². The molecule has 0 bridgehead atoms. The molecule has 20 heavy (non-hydrogen) atoms. The largest absolute Gasteiger partial charge is 0.427 e. The van der Waals surface area contributed by atoms with Crippen LogP contribution in [0.3, 0.4) is 0 Å². The van der Waals surface area contributed by atoms with E-state index in [1.807, 2.05) is 32.3 Å². The van der Waals surface area contributed by atoms with Crippen molar-refractivity contribution in [3.05, 3.63) is 29.8 Å². The number of esters is 1. The molecule has 1 aliphatic rings. The van der Waals surface area contributed by atoms with Crippen molar-refractivity contribution in [2.45, 2.75) is 38.1 Å². The highest BCUT2D eigenvalue weighted by molar-refractivity contribution is 5.79. The first-order valence-corrected chi connectivity index (χ1v) is 6.92. The Balaban J connectivity index is 2.34. The maximum absolute atomic E-state index is 11.5. The average molecular weight is 275 g/mol. The molecule has 1 aliphatic carbocycles. The molecule has 108 valence electrons. The molecule has 0 atom stereocenters. The van der Waals surface area contributed by atoms with E-state index in [-0.39, 0.29) is 11.5 Å². The molecule has 4 heteroatoms. The predicted molar refractivity (Wildman–Crippen MR) is 76.6 cm³/mol. The van der Waals surface area contributed by atoms with Crippen molar-refractivity contribution in [2.24, 2.45) is 0 Å². The van der Waals surface area contributed by atoms with Crippen LogP contribution in [0.25, 0.3) is 0 Å². The number of rotatable bonds is 3. The van der Waals surface area contributed by atoms with Gasteiger partial charge in [0.2, 0.25) is 0 Å². The van der Waals surface area contributed by atoms with Crippen LogP contribution in [-0.4, -0.2) is 30.7 Å². The van der Waals surface area contributed by atoms with E-state index in [1.54, 1.807) is 6.07 Å². The standard InChI is InChI=1S/C16H21NO3/c1-12(18)20-15-6-4-5-13(11-15)16(17(2)3)9-7-14(19)8-10-16/h4-6,11H,7-10H2,1-3H3. The Morgan fingerprint density at radius 1 is 1.25 bits per heavy atom. The molecule has 1 fully saturated rings. The fourth-order valence-corrected chi connectivity index (χ4v) is 2.95. The number of nitrogens with zero attached hydrogens (tertiary/aromatic N) is 1. The summed E-state index contributed by atoms with van der Waals surface area (Å²) in [5.74, 6) is 0.576. The van der Waals surface area contributed by atoms with Gasteiger partial charge in [-0.15, -0.1) is 0 Å². The van der Waals surface area contributed by atoms with Crippen LogP contribution in [0.2, 0.25) is 0 Å². The molecular weight excluding hydrogens is 254 g/mol. The van der Waals surface area contributed by atoms with E-state index in [2.05, 4.69) is 4.90 Å². The smallest absolute Gasteiger partial charge is 0.308 e. The number of benzene rings is 1. The molecule has 0 unspecified atom stereocenters. The molecule has 1 aromatic rings. The third kappa shape index (κ3) is 2.90. The molecular formula is C16H21NO3. The van der Waals surface area contributed by atoms with Gasteiger partial charge in [-0.3, -0.25) is 14.5 Å². The summed E-state index contributed by atoms with van der Waals surface area (Å²) >= 11 is 0. The lowest BCUT2D eigenvalue weighted by atomic mass is 9.75. The van der Waals surface area contributed by atoms with E-state index in [9.17, 15) is 9.59 Å². The summed E-state index contributed by atoms with van der Waals surface area (Å²) in [5.41, 5.74) is 0.957. The molecule has 0 amide bonds. The highest BCUT2D eigenvalue weighted by Gasteiger charge is 2.38. The molecule has 0 heterocycles. The molecule has 0 saturated heterocycles. The summed E-state index contributed by atoms with van der Waals surface area (Å²) in [7, 11) is 4.07. The highest BCUT2D eigenvalue weighted by atomic mass is 16.5. The van der Waals surface area contributed by atoms with Crippen LogP contribution in [0.5, 0.6) is 5.75 Å². The van der Waals surface area contributed by atoms with Gasteiger partial charge < -0.3 is 4.74 Å². The van der Waals surface area contributed by atoms with Gasteiger partial charge in [0.25, 0.3) is 0 Å². The molecule has 0 aromatic heterocycles. The molecule has 2 rings (SSSR count). The highest BCUT2D eigenvalue weighted by Crippen LogP contribution is 2.40. The normalized spacial score (nSPS) is 18.1. The number of hydrogen-bond acceptors (Lipinski definition) is 4. The summed E-state index contributed by atoms with van der Waals surface area (Å²) in [5, 5.41) is 0. The number of carbonyl (C=O) groups excluding carboxylic acids is 2. The average Bonchev–Trinajstić information content (AvgIpc) is 2.39. The van der Waals surface area contributed by atoms with Crippen LogP contribution in [0.4, 0.5) is 0 Å². The van der Waals surface area contributed by atoms with Crippen molar-refractivity contribution in [2.75, 3.05) is 14.1 Å². The van der Waals surface area contributed by atoms with E-state index in [1.165, 1.54) is 6.92 Å². The second-order valence-corrected chi connectivity index (χ2v) is 5.59. The molecule has 0 radical (unpaired) electrons. The third-order valence-electron chi connectivity index (χ3n) is 4.12. The molecule has 1 saturated carbocycles. The van der Waals surface area contributed by atoms with E-state index in [0.29, 0.717) is 24.4 Å². The van der Waals surface area contributed by atoms with Crippen LogP contribution in [0.1, 0.15) is 38.2 Å². The van der Waals surface area contributed by atoms with E-state index in [4.69, 9.17) is 4.74 Å². The second kappa shape index (κ2) is 5.75. The van der Waals surface area contributed by atoms with E-state index < -0.39 is 0 Å². The van der Waals surface area contributed by atoms with Gasteiger partial charge in [-0.05, 0) is 44.6 Å². The maximum atomic E-state index is 11.5. The van der Waals surface area contributed by atoms with Crippen molar-refractivity contribution in [3.8, 4) is 5.75 Å². The molecule has 1 aromatic carbocycles. The first-order valence-electron chi connectivity index (χ1n) is 6.92. The number of carbonyl (C=O) groups is 2. The van der Waals surface area contributed by atoms with Gasteiger partial charge in [0.1, 0.15) is 11.5 Å². The number of Topliss-reactive ketones (excluding diaryl/α,β-unsaturated/α-hetero) is 1. The molecule has 0 N–H and O–H groups in total. The first-order chi connectivity index (χ1) is 9.44. The minimum Gasteiger partial charge on any atom is -0.427 e. The lowest BCUT2D eigenvalue weighted by Crippen LogP contribution is -2.44. The van der Waals surface area contributed by atoms with Crippen LogP contribution < -0.4 is 4.74 Å². The minimum atomic E-state index is -0.320. The van der Waals surface area contributed by atoms with Crippen molar-refractivity contribution in [1.29, 1.82) is 0 Å². The number of ketones is 1. The number of hydrogen-bond donors (Lipinski definition) is 0. The molecule has 0 spiro atoms. The quantitative estimate of drug-likeness (QED) is 0.628. The van der Waals surface area contributed by atoms with Gasteiger partial charge in [0.05, 0.1) is 0 Å². The lowest BCUT2D eigenvalue weighted by Gasteiger charge is -2.43.